The van der Waals surface area contributed by atoms with Crippen LogP contribution in [0.15, 0.2) is 22.8 Å². The molecule has 2 aromatic heterocycles. The molecule has 0 aliphatic heterocycles. The van der Waals surface area contributed by atoms with Crippen molar-refractivity contribution in [1.29, 1.82) is 0 Å². The van der Waals surface area contributed by atoms with E-state index in [-0.39, 0.29) is 0 Å². The van der Waals surface area contributed by atoms with Crippen LogP contribution in [-0.2, 0) is 6.54 Å². The second-order valence-electron chi connectivity index (χ2n) is 3.78. The minimum atomic E-state index is 0.588. The van der Waals surface area contributed by atoms with Crippen LogP contribution in [0.2, 0.25) is 0 Å². The summed E-state index contributed by atoms with van der Waals surface area (Å²) in [7, 11) is 0. The number of thiazole rings is 1. The van der Waals surface area contributed by atoms with Crippen molar-refractivity contribution >= 4 is 11.3 Å². The third-order valence-corrected chi connectivity index (χ3v) is 3.72. The molecule has 2 aromatic rings. The molecule has 2 N–H and O–H groups in total. The van der Waals surface area contributed by atoms with E-state index in [1.54, 1.807) is 17.6 Å². The fraction of sp³-hybridized carbons (Fsp3) is 0.364. The van der Waals surface area contributed by atoms with Gasteiger partial charge < -0.3 is 10.2 Å². The molecule has 0 radical (unpaired) electrons. The van der Waals surface area contributed by atoms with Crippen LogP contribution in [0, 0.1) is 0 Å². The van der Waals surface area contributed by atoms with E-state index in [1.807, 2.05) is 12.1 Å². The Morgan fingerprint density at radius 2 is 2.40 bits per heavy atom. The largest absolute Gasteiger partial charge is 0.462 e. The maximum Gasteiger partial charge on any atom is 0.162 e. The maximum atomic E-state index is 5.72. The van der Waals surface area contributed by atoms with Crippen molar-refractivity contribution in [3.05, 3.63) is 29.0 Å². The Labute approximate surface area is 91.9 Å². The molecule has 0 unspecified atom stereocenters. The molecule has 3 nitrogen and oxygen atoms in total. The summed E-state index contributed by atoms with van der Waals surface area (Å²) in [6.07, 6.45) is 4.19. The van der Waals surface area contributed by atoms with Crippen LogP contribution < -0.4 is 5.73 Å². The highest BCUT2D eigenvalue weighted by Crippen LogP contribution is 2.44. The monoisotopic (exact) mass is 220 g/mol. The molecule has 15 heavy (non-hydrogen) atoms. The Bertz CT molecular complexity index is 457. The lowest BCUT2D eigenvalue weighted by Crippen LogP contribution is -1.96. The van der Waals surface area contributed by atoms with Crippen LogP contribution in [0.5, 0.6) is 0 Å². The normalized spacial score (nSPS) is 15.8. The molecule has 78 valence electrons. The molecule has 4 heteroatoms. The Morgan fingerprint density at radius 3 is 3.00 bits per heavy atom. The smallest absolute Gasteiger partial charge is 0.162 e. The van der Waals surface area contributed by atoms with Crippen molar-refractivity contribution in [3.63, 3.8) is 0 Å². The topological polar surface area (TPSA) is 52.0 Å². The fourth-order valence-electron chi connectivity index (χ4n) is 1.69. The van der Waals surface area contributed by atoms with Crippen LogP contribution in [-0.4, -0.2) is 4.98 Å². The van der Waals surface area contributed by atoms with Gasteiger partial charge in [0, 0.05) is 17.3 Å². The molecule has 1 saturated carbocycles. The average molecular weight is 220 g/mol. The van der Waals surface area contributed by atoms with E-state index in [1.165, 1.54) is 23.4 Å². The van der Waals surface area contributed by atoms with Crippen molar-refractivity contribution in [2.24, 2.45) is 5.73 Å². The number of hydrogen-bond donors (Lipinski definition) is 1. The minimum absolute atomic E-state index is 0.588. The van der Waals surface area contributed by atoms with Gasteiger partial charge in [-0.25, -0.2) is 4.98 Å². The zero-order valence-electron chi connectivity index (χ0n) is 8.27. The van der Waals surface area contributed by atoms with Gasteiger partial charge in [0.1, 0.15) is 0 Å². The fourth-order valence-corrected chi connectivity index (χ4v) is 2.69. The molecule has 0 saturated heterocycles. The molecule has 1 fully saturated rings. The molecular weight excluding hydrogens is 208 g/mol. The molecule has 0 atom stereocenters. The van der Waals surface area contributed by atoms with E-state index >= 15 is 0 Å². The predicted octanol–water partition coefficient (Wildman–Crippen LogP) is 2.74. The van der Waals surface area contributed by atoms with Gasteiger partial charge >= 0.3 is 0 Å². The van der Waals surface area contributed by atoms with Gasteiger partial charge in [-0.1, -0.05) is 0 Å². The molecular formula is C11H12N2OS. The van der Waals surface area contributed by atoms with Gasteiger partial charge in [0.15, 0.2) is 10.8 Å². The van der Waals surface area contributed by atoms with E-state index in [9.17, 15) is 0 Å². The van der Waals surface area contributed by atoms with Crippen LogP contribution in [0.1, 0.15) is 29.3 Å². The summed E-state index contributed by atoms with van der Waals surface area (Å²) in [4.78, 5) is 5.84. The molecule has 0 amide bonds. The summed E-state index contributed by atoms with van der Waals surface area (Å²) in [5.74, 6) is 1.50. The molecule has 1 aliphatic carbocycles. The lowest BCUT2D eigenvalue weighted by Gasteiger charge is -1.93. The van der Waals surface area contributed by atoms with Crippen LogP contribution in [0.25, 0.3) is 10.8 Å². The molecule has 3 rings (SSSR count). The lowest BCUT2D eigenvalue weighted by molar-refractivity contribution is 0.581. The second-order valence-corrected chi connectivity index (χ2v) is 4.87. The van der Waals surface area contributed by atoms with Crippen molar-refractivity contribution in [3.8, 4) is 10.8 Å². The van der Waals surface area contributed by atoms with E-state index in [2.05, 4.69) is 4.98 Å². The molecule has 0 aromatic carbocycles. The first kappa shape index (κ1) is 9.12. The first-order chi connectivity index (χ1) is 7.38. The number of hydrogen-bond acceptors (Lipinski definition) is 4. The highest BCUT2D eigenvalue weighted by molar-refractivity contribution is 7.15. The molecule has 0 bridgehead atoms. The minimum Gasteiger partial charge on any atom is -0.462 e. The number of aromatic nitrogens is 1. The quantitative estimate of drug-likeness (QED) is 0.865. The second kappa shape index (κ2) is 3.47. The summed E-state index contributed by atoms with van der Waals surface area (Å²) >= 11 is 1.66. The SMILES string of the molecule is NCc1sc(-c2ccco2)nc1C1CC1. The van der Waals surface area contributed by atoms with Gasteiger partial charge in [-0.05, 0) is 25.0 Å². The standard InChI is InChI=1S/C11H12N2OS/c12-6-9-10(7-3-4-7)13-11(15-9)8-2-1-5-14-8/h1-2,5,7H,3-4,6,12H2. The average Bonchev–Trinajstić information content (AvgIpc) is 2.83. The predicted molar refractivity (Wildman–Crippen MR) is 59.7 cm³/mol. The van der Waals surface area contributed by atoms with Gasteiger partial charge in [0.05, 0.1) is 12.0 Å². The number of nitrogens with two attached hydrogens (primary N) is 1. The number of nitrogens with zero attached hydrogens (tertiary/aromatic N) is 1. The third-order valence-electron chi connectivity index (χ3n) is 2.61. The zero-order valence-corrected chi connectivity index (χ0v) is 9.09. The van der Waals surface area contributed by atoms with E-state index in [4.69, 9.17) is 10.2 Å². The summed E-state index contributed by atoms with van der Waals surface area (Å²) in [6.45, 7) is 0.588. The maximum absolute atomic E-state index is 5.72. The van der Waals surface area contributed by atoms with Gasteiger partial charge in [-0.2, -0.15) is 0 Å². The Kier molecular flexibility index (Phi) is 2.11. The van der Waals surface area contributed by atoms with Crippen LogP contribution >= 0.6 is 11.3 Å². The first-order valence-electron chi connectivity index (χ1n) is 5.12. The van der Waals surface area contributed by atoms with E-state index in [0.717, 1.165) is 10.8 Å². The zero-order chi connectivity index (χ0) is 10.3. The van der Waals surface area contributed by atoms with E-state index < -0.39 is 0 Å². The first-order valence-corrected chi connectivity index (χ1v) is 5.93. The highest BCUT2D eigenvalue weighted by Gasteiger charge is 2.29. The molecule has 1 aliphatic rings. The Balaban J connectivity index is 2.03. The van der Waals surface area contributed by atoms with Gasteiger partial charge in [0.25, 0.3) is 0 Å². The summed E-state index contributed by atoms with van der Waals surface area (Å²) in [5.41, 5.74) is 6.93. The summed E-state index contributed by atoms with van der Waals surface area (Å²) in [5, 5.41) is 0.961. The van der Waals surface area contributed by atoms with Gasteiger partial charge in [-0.3, -0.25) is 0 Å². The molecule has 2 heterocycles. The van der Waals surface area contributed by atoms with E-state index in [0.29, 0.717) is 12.5 Å². The van der Waals surface area contributed by atoms with Crippen molar-refractivity contribution in [2.75, 3.05) is 0 Å². The highest BCUT2D eigenvalue weighted by atomic mass is 32.1. The van der Waals surface area contributed by atoms with Crippen LogP contribution in [0.3, 0.4) is 0 Å². The van der Waals surface area contributed by atoms with Crippen molar-refractivity contribution < 1.29 is 4.42 Å². The number of furan rings is 1. The summed E-state index contributed by atoms with van der Waals surface area (Å²) < 4.78 is 5.34. The Morgan fingerprint density at radius 1 is 1.53 bits per heavy atom. The van der Waals surface area contributed by atoms with Crippen LogP contribution in [0.4, 0.5) is 0 Å². The van der Waals surface area contributed by atoms with Gasteiger partial charge in [0.2, 0.25) is 0 Å². The summed E-state index contributed by atoms with van der Waals surface area (Å²) in [6, 6.07) is 3.82. The molecule has 0 spiro atoms. The van der Waals surface area contributed by atoms with Crippen molar-refractivity contribution in [1.82, 2.24) is 4.98 Å². The van der Waals surface area contributed by atoms with Crippen molar-refractivity contribution in [2.45, 2.75) is 25.3 Å². The Hall–Kier alpha value is -1.13. The number of rotatable bonds is 3. The van der Waals surface area contributed by atoms with Gasteiger partial charge in [-0.15, -0.1) is 11.3 Å². The lowest BCUT2D eigenvalue weighted by atomic mass is 10.2. The third kappa shape index (κ3) is 1.60.